The van der Waals surface area contributed by atoms with Gasteiger partial charge in [-0.2, -0.15) is 4.98 Å². The molecule has 7 nitrogen and oxygen atoms in total. The van der Waals surface area contributed by atoms with Crippen LogP contribution in [-0.4, -0.2) is 30.8 Å². The van der Waals surface area contributed by atoms with Gasteiger partial charge in [-0.3, -0.25) is 0 Å². The number of carbonyl (C=O) groups is 1. The van der Waals surface area contributed by atoms with Crippen LogP contribution in [0.25, 0.3) is 23.0 Å². The summed E-state index contributed by atoms with van der Waals surface area (Å²) in [6.45, 7) is 0. The highest BCUT2D eigenvalue weighted by Crippen LogP contribution is 2.21. The molecule has 19 heavy (non-hydrogen) atoms. The van der Waals surface area contributed by atoms with E-state index in [2.05, 4.69) is 19.7 Å². The molecular weight excluding hydrogens is 268 g/mol. The van der Waals surface area contributed by atoms with Gasteiger partial charge in [-0.1, -0.05) is 21.8 Å². The van der Waals surface area contributed by atoms with E-state index in [-0.39, 0.29) is 11.5 Å². The van der Waals surface area contributed by atoms with Gasteiger partial charge in [0.25, 0.3) is 5.89 Å². The average molecular weight is 274 g/mol. The van der Waals surface area contributed by atoms with E-state index in [1.807, 2.05) is 0 Å². The zero-order valence-electron chi connectivity index (χ0n) is 9.35. The summed E-state index contributed by atoms with van der Waals surface area (Å²) >= 11 is 1.18. The van der Waals surface area contributed by atoms with Crippen LogP contribution in [0, 0.1) is 0 Å². The first-order valence-electron chi connectivity index (χ1n) is 5.19. The first kappa shape index (κ1) is 11.5. The molecule has 0 radical (unpaired) electrons. The number of aromatic nitrogens is 4. The first-order valence-corrected chi connectivity index (χ1v) is 6.02. The Labute approximate surface area is 110 Å². The number of rotatable bonds is 3. The minimum atomic E-state index is -1.01. The zero-order valence-corrected chi connectivity index (χ0v) is 10.2. The van der Waals surface area contributed by atoms with Crippen molar-refractivity contribution in [3.05, 3.63) is 35.2 Å². The third-order valence-electron chi connectivity index (χ3n) is 2.37. The van der Waals surface area contributed by atoms with Gasteiger partial charge in [0.1, 0.15) is 0 Å². The number of aromatic carboxylic acids is 1. The van der Waals surface area contributed by atoms with E-state index >= 15 is 0 Å². The predicted molar refractivity (Wildman–Crippen MR) is 65.6 cm³/mol. The monoisotopic (exact) mass is 274 g/mol. The summed E-state index contributed by atoms with van der Waals surface area (Å²) in [7, 11) is 0. The van der Waals surface area contributed by atoms with Gasteiger partial charge in [-0.05, 0) is 23.7 Å². The maximum Gasteiger partial charge on any atom is 0.335 e. The van der Waals surface area contributed by atoms with Gasteiger partial charge in [-0.25, -0.2) is 4.79 Å². The second kappa shape index (κ2) is 4.58. The van der Waals surface area contributed by atoms with E-state index in [4.69, 9.17) is 9.63 Å². The Morgan fingerprint density at radius 3 is 3.00 bits per heavy atom. The molecule has 3 aromatic rings. The molecule has 0 aliphatic rings. The summed E-state index contributed by atoms with van der Waals surface area (Å²) in [5.74, 6) is -0.440. The van der Waals surface area contributed by atoms with Crippen LogP contribution in [0.5, 0.6) is 0 Å². The summed E-state index contributed by atoms with van der Waals surface area (Å²) in [6, 6.07) is 6.31. The lowest BCUT2D eigenvalue weighted by atomic mass is 10.1. The summed E-state index contributed by atoms with van der Waals surface area (Å²) < 4.78 is 8.76. The van der Waals surface area contributed by atoms with Crippen molar-refractivity contribution in [2.24, 2.45) is 0 Å². The summed E-state index contributed by atoms with van der Waals surface area (Å²) in [6.07, 6.45) is 0. The molecule has 1 N–H and O–H groups in total. The fraction of sp³-hybridized carbons (Fsp3) is 0. The lowest BCUT2D eigenvalue weighted by molar-refractivity contribution is 0.0697. The topological polar surface area (TPSA) is 102 Å². The Bertz CT molecular complexity index is 723. The van der Waals surface area contributed by atoms with Crippen LogP contribution >= 0.6 is 11.5 Å². The van der Waals surface area contributed by atoms with Crippen molar-refractivity contribution in [3.63, 3.8) is 0 Å². The molecule has 0 aliphatic carbocycles. The van der Waals surface area contributed by atoms with Crippen molar-refractivity contribution < 1.29 is 14.4 Å². The fourth-order valence-corrected chi connectivity index (χ4v) is 1.92. The fourth-order valence-electron chi connectivity index (χ4n) is 1.49. The van der Waals surface area contributed by atoms with E-state index in [9.17, 15) is 4.79 Å². The van der Waals surface area contributed by atoms with Crippen LogP contribution in [0.2, 0.25) is 0 Å². The Balaban J connectivity index is 1.99. The molecule has 0 fully saturated rings. The molecule has 0 spiro atoms. The molecule has 0 saturated heterocycles. The van der Waals surface area contributed by atoms with E-state index < -0.39 is 5.97 Å². The number of hydrogen-bond donors (Lipinski definition) is 1. The number of carboxylic acids is 1. The molecule has 0 unspecified atom stereocenters. The Morgan fingerprint density at radius 1 is 1.37 bits per heavy atom. The number of hydrogen-bond acceptors (Lipinski definition) is 7. The van der Waals surface area contributed by atoms with Gasteiger partial charge in [0.2, 0.25) is 5.82 Å². The average Bonchev–Trinajstić information content (AvgIpc) is 3.09. The van der Waals surface area contributed by atoms with Gasteiger partial charge >= 0.3 is 5.97 Å². The lowest BCUT2D eigenvalue weighted by Gasteiger charge is -1.96. The number of benzene rings is 1. The first-order chi connectivity index (χ1) is 9.24. The molecule has 0 amide bonds. The maximum absolute atomic E-state index is 10.9. The molecule has 94 valence electrons. The standard InChI is InChI=1S/C11H6N4O3S/c16-11(17)7-3-1-2-6(4-7)9-12-10(18-14-9)8-5-19-15-13-8/h1-5H,(H,16,17). The van der Waals surface area contributed by atoms with Crippen molar-refractivity contribution in [2.45, 2.75) is 0 Å². The third-order valence-corrected chi connectivity index (χ3v) is 2.88. The van der Waals surface area contributed by atoms with Crippen LogP contribution in [0.1, 0.15) is 10.4 Å². The Morgan fingerprint density at radius 2 is 2.26 bits per heavy atom. The highest BCUT2D eigenvalue weighted by Gasteiger charge is 2.13. The summed E-state index contributed by atoms with van der Waals surface area (Å²) in [5.41, 5.74) is 1.23. The SMILES string of the molecule is O=C(O)c1cccc(-c2noc(-c3csnn3)n2)c1. The van der Waals surface area contributed by atoms with Gasteiger partial charge in [0.15, 0.2) is 5.69 Å². The zero-order chi connectivity index (χ0) is 13.2. The van der Waals surface area contributed by atoms with E-state index in [0.29, 0.717) is 17.1 Å². The van der Waals surface area contributed by atoms with Crippen LogP contribution < -0.4 is 0 Å². The maximum atomic E-state index is 10.9. The smallest absolute Gasteiger partial charge is 0.335 e. The van der Waals surface area contributed by atoms with Crippen LogP contribution in [0.15, 0.2) is 34.2 Å². The lowest BCUT2D eigenvalue weighted by Crippen LogP contribution is -1.96. The largest absolute Gasteiger partial charge is 0.478 e. The number of nitrogens with zero attached hydrogens (tertiary/aromatic N) is 4. The molecule has 1 aromatic carbocycles. The molecule has 0 saturated carbocycles. The van der Waals surface area contributed by atoms with Gasteiger partial charge in [0.05, 0.1) is 5.56 Å². The van der Waals surface area contributed by atoms with Crippen LogP contribution in [0.4, 0.5) is 0 Å². The second-order valence-electron chi connectivity index (χ2n) is 3.60. The van der Waals surface area contributed by atoms with Gasteiger partial charge in [0, 0.05) is 10.9 Å². The van der Waals surface area contributed by atoms with Crippen molar-refractivity contribution in [2.75, 3.05) is 0 Å². The molecule has 0 aliphatic heterocycles. The molecule has 3 rings (SSSR count). The van der Waals surface area contributed by atoms with E-state index in [0.717, 1.165) is 0 Å². The highest BCUT2D eigenvalue weighted by atomic mass is 32.1. The normalized spacial score (nSPS) is 10.5. The van der Waals surface area contributed by atoms with Crippen LogP contribution in [-0.2, 0) is 0 Å². The molecule has 0 bridgehead atoms. The quantitative estimate of drug-likeness (QED) is 0.778. The van der Waals surface area contributed by atoms with Crippen molar-refractivity contribution in [1.82, 2.24) is 19.7 Å². The van der Waals surface area contributed by atoms with Crippen molar-refractivity contribution in [3.8, 4) is 23.0 Å². The van der Waals surface area contributed by atoms with Gasteiger partial charge in [-0.15, -0.1) is 5.10 Å². The van der Waals surface area contributed by atoms with Crippen molar-refractivity contribution >= 4 is 17.5 Å². The summed E-state index contributed by atoms with van der Waals surface area (Å²) in [5, 5.41) is 18.2. The minimum Gasteiger partial charge on any atom is -0.478 e. The van der Waals surface area contributed by atoms with E-state index in [1.165, 1.54) is 23.7 Å². The molecule has 0 atom stereocenters. The molecular formula is C11H6N4O3S. The molecule has 8 heteroatoms. The Hall–Kier alpha value is -2.61. The van der Waals surface area contributed by atoms with Gasteiger partial charge < -0.3 is 9.63 Å². The highest BCUT2D eigenvalue weighted by molar-refractivity contribution is 7.03. The second-order valence-corrected chi connectivity index (χ2v) is 4.21. The third kappa shape index (κ3) is 2.20. The van der Waals surface area contributed by atoms with Crippen molar-refractivity contribution in [1.29, 1.82) is 0 Å². The van der Waals surface area contributed by atoms with Crippen LogP contribution in [0.3, 0.4) is 0 Å². The minimum absolute atomic E-state index is 0.166. The van der Waals surface area contributed by atoms with E-state index in [1.54, 1.807) is 17.5 Å². The molecule has 2 heterocycles. The summed E-state index contributed by atoms with van der Waals surface area (Å²) in [4.78, 5) is 15.1. The molecule has 2 aromatic heterocycles. The number of carboxylic acid groups (broad SMARTS) is 1. The predicted octanol–water partition coefficient (Wildman–Crippen LogP) is 1.95. The Kier molecular flexibility index (Phi) is 2.76.